The van der Waals surface area contributed by atoms with E-state index in [0.717, 1.165) is 0 Å². The van der Waals surface area contributed by atoms with Gasteiger partial charge in [0.1, 0.15) is 0 Å². The molecule has 0 unspecified atom stereocenters. The van der Waals surface area contributed by atoms with Gasteiger partial charge in [0.2, 0.25) is 0 Å². The minimum Gasteiger partial charge on any atom is -0.375 e. The molecule has 0 aliphatic carbocycles. The van der Waals surface area contributed by atoms with Gasteiger partial charge in [-0.1, -0.05) is 309 Å². The molecule has 22 aromatic carbocycles. The summed E-state index contributed by atoms with van der Waals surface area (Å²) in [7, 11) is 0. The number of fused-ring (bicyclic) bond motifs is 54. The number of hydrogen-bond donors (Lipinski definition) is 0. The highest BCUT2D eigenvalue weighted by Gasteiger charge is 2.51. The van der Waals surface area contributed by atoms with Crippen molar-refractivity contribution in [1.82, 2.24) is 36.2 Å². The maximum absolute atomic E-state index is 2.86. The van der Waals surface area contributed by atoms with Crippen molar-refractivity contribution in [3.05, 3.63) is 376 Å². The quantitative estimate of drug-likeness (QED) is 0.147. The number of nitrogens with zero attached hydrogens (tertiary/aromatic N) is 8. The molecule has 8 aliphatic rings. The zero-order valence-electron chi connectivity index (χ0n) is 72.7. The highest BCUT2D eigenvalue weighted by molar-refractivity contribution is 6.95. The third-order valence-corrected chi connectivity index (χ3v) is 34.6. The molecule has 8 aromatic heterocycles. The maximum Gasteiger partial charge on any atom is 0.333 e. The average molecular weight is 1710 g/mol. The molecule has 8 aliphatic heterocycles. The van der Waals surface area contributed by atoms with Crippen LogP contribution in [-0.4, -0.2) is 63.6 Å². The van der Waals surface area contributed by atoms with Gasteiger partial charge in [-0.3, -0.25) is 0 Å². The highest BCUT2D eigenvalue weighted by Crippen LogP contribution is 2.56. The third kappa shape index (κ3) is 7.18. The van der Waals surface area contributed by atoms with Gasteiger partial charge in [0, 0.05) is 175 Å². The molecule has 0 saturated carbocycles. The van der Waals surface area contributed by atoms with E-state index in [2.05, 4.69) is 412 Å². The minimum atomic E-state index is -0.291. The van der Waals surface area contributed by atoms with E-state index in [9.17, 15) is 0 Å². The molecule has 0 saturated heterocycles. The number of benzene rings is 22. The van der Waals surface area contributed by atoms with Gasteiger partial charge in [0.05, 0.1) is 44.1 Å². The SMILES string of the molecule is c1ccc2c(c1)ccc1c2c2c3ccccc3c3c4c2n1-c1cc2c(cc1B4n1c4ccccc4c4cccc-3c41)B1c3c(c4ccccc4c4c5c6ccccc6ccc5n-2c34)-c2cccc3c4c(-c5ccc6c(c5)c5ccc7c8c5n6-c5cc6c(cc5B8n5c8ccccc8c8cccc-7c85)B5c7c(ccc8c9ccccc9n-6c78)-c6cccc7c8ccccc8n5c67)cccc4n1c23. The van der Waals surface area contributed by atoms with E-state index >= 15 is 0 Å². The normalized spacial score (nSPS) is 14.0. The van der Waals surface area contributed by atoms with Crippen LogP contribution in [0.4, 0.5) is 0 Å². The number of aromatic nitrogens is 8. The molecule has 0 atom stereocenters. The minimum absolute atomic E-state index is 0.125. The second kappa shape index (κ2) is 22.5. The van der Waals surface area contributed by atoms with Gasteiger partial charge in [0.25, 0.3) is 0 Å². The molecule has 0 N–H and O–H groups in total. The molecule has 0 fully saturated rings. The number of rotatable bonds is 1. The summed E-state index contributed by atoms with van der Waals surface area (Å²) in [6.07, 6.45) is 0. The summed E-state index contributed by atoms with van der Waals surface area (Å²) in [6.45, 7) is -0.806. The van der Waals surface area contributed by atoms with E-state index in [4.69, 9.17) is 0 Å². The van der Waals surface area contributed by atoms with Gasteiger partial charge in [-0.2, -0.15) is 0 Å². The van der Waals surface area contributed by atoms with E-state index < -0.39 is 0 Å². The van der Waals surface area contributed by atoms with E-state index in [0.29, 0.717) is 0 Å². The standard InChI is InChI=1S/C124H62B4N8/c1-3-24-66-63(22-1)48-56-99-109(66)111-75-32-7-5-30-73(75)107-87-41-19-37-81-72-29-12-16-46-98(72)135(119(81)87)127-92-60-93-105(62-104(92)131(99)123(111)115(107)127)132-100-57-49-64-23-2-4-25-67(64)110(100)112-76-33-8-6-31-74(76)108-88-42-20-40-86-106-68(34-21-47-101(106)136(120(86)88)128(93)116(108)124(112)132)65-50-55-95-89(58-65)85-54-52-78-83-39-18-36-80-71-28-11-15-45-97(71)134(118(80)83)126-91-59-90-102(61-103(91)130(95)122(85)114(78)126)129-94-43-13-9-26-69(94)84-53-51-77-82-38-17-35-79-70-27-10-14-44-96(70)133(117(79)82)125(90)113(77)121(84)129/h1-62H. The lowest BCUT2D eigenvalue weighted by atomic mass is 9.41. The third-order valence-electron chi connectivity index (χ3n) is 34.6. The second-order valence-electron chi connectivity index (χ2n) is 40.0. The van der Waals surface area contributed by atoms with Gasteiger partial charge in [-0.05, 0) is 187 Å². The van der Waals surface area contributed by atoms with Gasteiger partial charge in [0.15, 0.2) is 0 Å². The van der Waals surface area contributed by atoms with Gasteiger partial charge >= 0.3 is 27.4 Å². The molecule has 0 bridgehead atoms. The van der Waals surface area contributed by atoms with Crippen molar-refractivity contribution >= 4 is 289 Å². The van der Waals surface area contributed by atoms with Crippen LogP contribution in [0.25, 0.3) is 296 Å². The Hall–Kier alpha value is -17.5. The summed E-state index contributed by atoms with van der Waals surface area (Å²) in [5.74, 6) is 0. The van der Waals surface area contributed by atoms with Crippen molar-refractivity contribution in [2.45, 2.75) is 0 Å². The van der Waals surface area contributed by atoms with Gasteiger partial charge in [-0.25, -0.2) is 0 Å². The summed E-state index contributed by atoms with van der Waals surface area (Å²) in [5.41, 5.74) is 48.6. The van der Waals surface area contributed by atoms with E-state index in [1.807, 2.05) is 0 Å². The summed E-state index contributed by atoms with van der Waals surface area (Å²) in [6, 6.07) is 148. The fourth-order valence-electron chi connectivity index (χ4n) is 30.1. The molecular weight excluding hydrogens is 1640 g/mol. The van der Waals surface area contributed by atoms with Gasteiger partial charge in [-0.15, -0.1) is 0 Å². The van der Waals surface area contributed by atoms with Crippen molar-refractivity contribution < 1.29 is 0 Å². The van der Waals surface area contributed by atoms with Crippen LogP contribution in [0.2, 0.25) is 0 Å². The topological polar surface area (TPSA) is 39.4 Å². The predicted molar refractivity (Wildman–Crippen MR) is 575 cm³/mol. The summed E-state index contributed by atoms with van der Waals surface area (Å²) in [5, 5.41) is 30.7. The molecule has 8 nitrogen and oxygen atoms in total. The lowest BCUT2D eigenvalue weighted by Gasteiger charge is -2.38. The molecule has 16 heterocycles. The molecule has 12 heteroatoms. The van der Waals surface area contributed by atoms with Crippen LogP contribution in [-0.2, 0) is 0 Å². The molecule has 0 spiro atoms. The Morgan fingerprint density at radius 3 is 0.978 bits per heavy atom. The molecule has 610 valence electrons. The summed E-state index contributed by atoms with van der Waals surface area (Å²) in [4.78, 5) is 0. The molecular formula is C124H62B4N8. The number of hydrogen-bond acceptors (Lipinski definition) is 0. The van der Waals surface area contributed by atoms with Gasteiger partial charge < -0.3 is 36.2 Å². The van der Waals surface area contributed by atoms with Crippen LogP contribution in [0, 0.1) is 0 Å². The lowest BCUT2D eigenvalue weighted by Crippen LogP contribution is -2.60. The van der Waals surface area contributed by atoms with E-state index in [1.54, 1.807) is 0 Å². The second-order valence-corrected chi connectivity index (χ2v) is 40.0. The predicted octanol–water partition coefficient (Wildman–Crippen LogP) is 24.6. The molecule has 136 heavy (non-hydrogen) atoms. The first-order valence-corrected chi connectivity index (χ1v) is 48.1. The Balaban J connectivity index is 0.625. The zero-order valence-corrected chi connectivity index (χ0v) is 72.7. The lowest BCUT2D eigenvalue weighted by molar-refractivity contribution is 1.13. The van der Waals surface area contributed by atoms with Crippen LogP contribution >= 0.6 is 0 Å². The summed E-state index contributed by atoms with van der Waals surface area (Å²) >= 11 is 0. The van der Waals surface area contributed by atoms with Crippen LogP contribution in [0.1, 0.15) is 0 Å². The first-order valence-electron chi connectivity index (χ1n) is 48.1. The Bertz CT molecular complexity index is 11400. The van der Waals surface area contributed by atoms with E-state index in [1.165, 1.54) is 340 Å². The van der Waals surface area contributed by atoms with Crippen LogP contribution in [0.3, 0.4) is 0 Å². The fraction of sp³-hybridized carbons (Fsp3) is 0. The zero-order chi connectivity index (χ0) is 86.6. The van der Waals surface area contributed by atoms with Crippen molar-refractivity contribution in [2.24, 2.45) is 0 Å². The Morgan fingerprint density at radius 1 is 0.154 bits per heavy atom. The van der Waals surface area contributed by atoms with Crippen molar-refractivity contribution in [3.63, 3.8) is 0 Å². The van der Waals surface area contributed by atoms with Crippen molar-refractivity contribution in [1.29, 1.82) is 0 Å². The monoisotopic (exact) mass is 1710 g/mol. The highest BCUT2D eigenvalue weighted by atomic mass is 15.1. The van der Waals surface area contributed by atoms with Crippen LogP contribution in [0.15, 0.2) is 376 Å². The molecule has 38 rings (SSSR count). The first kappa shape index (κ1) is 67.7. The van der Waals surface area contributed by atoms with Crippen molar-refractivity contribution in [2.75, 3.05) is 0 Å². The van der Waals surface area contributed by atoms with Crippen LogP contribution < -0.4 is 43.7 Å². The van der Waals surface area contributed by atoms with E-state index in [-0.39, 0.29) is 27.4 Å². The number of para-hydroxylation sites is 8. The molecule has 0 radical (unpaired) electrons. The Labute approximate surface area is 773 Å². The van der Waals surface area contributed by atoms with Crippen LogP contribution in [0.5, 0.6) is 0 Å². The van der Waals surface area contributed by atoms with Crippen molar-refractivity contribution in [3.8, 4) is 78.4 Å². The maximum atomic E-state index is 2.86. The molecule has 0 amide bonds. The summed E-state index contributed by atoms with van der Waals surface area (Å²) < 4.78 is 22.1. The fourth-order valence-corrected chi connectivity index (χ4v) is 30.1. The smallest absolute Gasteiger partial charge is 0.333 e. The first-order chi connectivity index (χ1) is 67.6. The largest absolute Gasteiger partial charge is 0.375 e. The molecule has 30 aromatic rings. The Morgan fingerprint density at radius 2 is 0.485 bits per heavy atom. The average Bonchev–Trinajstić information content (AvgIpc) is 1.47. The Kier molecular flexibility index (Phi) is 11.2.